The number of primary amides is 1. The van der Waals surface area contributed by atoms with E-state index in [1.807, 2.05) is 54.4 Å². The molecule has 0 unspecified atom stereocenters. The molecule has 0 saturated heterocycles. The number of nitrogens with one attached hydrogen (secondary N) is 1. The van der Waals surface area contributed by atoms with Gasteiger partial charge in [0.05, 0.1) is 3.79 Å². The summed E-state index contributed by atoms with van der Waals surface area (Å²) in [7, 11) is 1.84. The fourth-order valence-corrected chi connectivity index (χ4v) is 3.75. The summed E-state index contributed by atoms with van der Waals surface area (Å²) in [5.74, 6) is -0.433. The molecule has 0 fully saturated rings. The van der Waals surface area contributed by atoms with E-state index in [4.69, 9.17) is 5.73 Å². The summed E-state index contributed by atoms with van der Waals surface area (Å²) < 4.78 is 1.04. The largest absolute Gasteiger partial charge is 0.351 e. The highest BCUT2D eigenvalue weighted by Gasteiger charge is 2.26. The quantitative estimate of drug-likeness (QED) is 0.835. The molecule has 3 N–H and O–H groups in total. The predicted octanol–water partition coefficient (Wildman–Crippen LogP) is 2.88. The number of nitrogens with zero attached hydrogens (tertiary/aromatic N) is 1. The van der Waals surface area contributed by atoms with E-state index in [9.17, 15) is 9.59 Å². The van der Waals surface area contributed by atoms with Crippen LogP contribution in [0.3, 0.4) is 0 Å². The molecule has 0 spiro atoms. The van der Waals surface area contributed by atoms with Gasteiger partial charge in [-0.1, -0.05) is 30.3 Å². The van der Waals surface area contributed by atoms with Gasteiger partial charge in [-0.2, -0.15) is 0 Å². The number of thiophene rings is 1. The molecule has 0 aliphatic heterocycles. The molecule has 0 radical (unpaired) electrons. The third kappa shape index (κ3) is 4.40. The number of benzene rings is 1. The van der Waals surface area contributed by atoms with Crippen LogP contribution < -0.4 is 11.1 Å². The lowest BCUT2D eigenvalue weighted by atomic mass is 10.0. The molecule has 0 bridgehead atoms. The summed E-state index contributed by atoms with van der Waals surface area (Å²) in [4.78, 5) is 26.3. The van der Waals surface area contributed by atoms with Crippen molar-refractivity contribution in [2.45, 2.75) is 12.6 Å². The Kier molecular flexibility index (Phi) is 5.70. The van der Waals surface area contributed by atoms with Crippen LogP contribution in [0.5, 0.6) is 0 Å². The monoisotopic (exact) mass is 381 g/mol. The summed E-state index contributed by atoms with van der Waals surface area (Å²) in [6.07, 6.45) is 0. The van der Waals surface area contributed by atoms with Crippen LogP contribution in [0.2, 0.25) is 0 Å². The number of imide groups is 1. The van der Waals surface area contributed by atoms with Crippen molar-refractivity contribution in [2.75, 3.05) is 7.05 Å². The number of likely N-dealkylation sites (N-methyl/N-ethyl adjacent to an activating group) is 1. The average molecular weight is 382 g/mol. The van der Waals surface area contributed by atoms with Crippen LogP contribution in [0.25, 0.3) is 0 Å². The summed E-state index contributed by atoms with van der Waals surface area (Å²) in [5.41, 5.74) is 5.88. The van der Waals surface area contributed by atoms with Crippen LogP contribution in [0, 0.1) is 0 Å². The van der Waals surface area contributed by atoms with Gasteiger partial charge < -0.3 is 5.73 Å². The zero-order valence-electron chi connectivity index (χ0n) is 12.0. The van der Waals surface area contributed by atoms with Gasteiger partial charge in [-0.15, -0.1) is 11.3 Å². The number of nitrogens with two attached hydrogens (primary N) is 1. The third-order valence-electron chi connectivity index (χ3n) is 3.08. The molecule has 1 heterocycles. The van der Waals surface area contributed by atoms with Gasteiger partial charge in [0, 0.05) is 11.4 Å². The smallest absolute Gasteiger partial charge is 0.318 e. The Labute approximate surface area is 141 Å². The second-order valence-corrected chi connectivity index (χ2v) is 7.34. The van der Waals surface area contributed by atoms with Gasteiger partial charge in [-0.25, -0.2) is 4.79 Å². The second kappa shape index (κ2) is 7.53. The maximum absolute atomic E-state index is 12.3. The van der Waals surface area contributed by atoms with Gasteiger partial charge in [0.25, 0.3) is 0 Å². The van der Waals surface area contributed by atoms with Crippen molar-refractivity contribution in [3.63, 3.8) is 0 Å². The van der Waals surface area contributed by atoms with Gasteiger partial charge in [-0.05, 0) is 40.7 Å². The highest BCUT2D eigenvalue weighted by Crippen LogP contribution is 2.26. The minimum absolute atomic E-state index is 0.433. The Bertz CT molecular complexity index is 660. The van der Waals surface area contributed by atoms with Gasteiger partial charge in [0.2, 0.25) is 5.91 Å². The topological polar surface area (TPSA) is 75.4 Å². The Balaban J connectivity index is 2.23. The number of halogens is 1. The van der Waals surface area contributed by atoms with Gasteiger partial charge in [-0.3, -0.25) is 15.0 Å². The highest BCUT2D eigenvalue weighted by atomic mass is 79.9. The first kappa shape index (κ1) is 16.7. The van der Waals surface area contributed by atoms with E-state index in [2.05, 4.69) is 21.2 Å². The molecular formula is C15H16BrN3O2S. The van der Waals surface area contributed by atoms with Crippen LogP contribution in [-0.4, -0.2) is 23.9 Å². The van der Waals surface area contributed by atoms with Crippen molar-refractivity contribution in [3.8, 4) is 0 Å². The highest BCUT2D eigenvalue weighted by molar-refractivity contribution is 9.11. The van der Waals surface area contributed by atoms with Crippen molar-refractivity contribution in [1.29, 1.82) is 0 Å². The van der Waals surface area contributed by atoms with E-state index in [0.717, 1.165) is 14.2 Å². The van der Waals surface area contributed by atoms with Crippen LogP contribution in [0.15, 0.2) is 46.3 Å². The molecule has 1 aromatic heterocycles. The molecular weight excluding hydrogens is 366 g/mol. The average Bonchev–Trinajstić information content (AvgIpc) is 2.84. The first-order valence-corrected chi connectivity index (χ1v) is 8.18. The fraction of sp³-hybridized carbons (Fsp3) is 0.200. The Hall–Kier alpha value is -1.70. The van der Waals surface area contributed by atoms with Crippen LogP contribution in [0.1, 0.15) is 16.5 Å². The number of carbonyl (C=O) groups excluding carboxylic acids is 2. The number of hydrogen-bond acceptors (Lipinski definition) is 4. The van der Waals surface area contributed by atoms with Crippen molar-refractivity contribution < 1.29 is 9.59 Å². The van der Waals surface area contributed by atoms with Crippen molar-refractivity contribution in [1.82, 2.24) is 10.2 Å². The fourth-order valence-electron chi connectivity index (χ4n) is 2.20. The van der Waals surface area contributed by atoms with Gasteiger partial charge in [0.1, 0.15) is 6.04 Å². The van der Waals surface area contributed by atoms with Crippen LogP contribution in [0.4, 0.5) is 4.79 Å². The maximum Gasteiger partial charge on any atom is 0.318 e. The summed E-state index contributed by atoms with van der Waals surface area (Å²) >= 11 is 5.03. The lowest BCUT2D eigenvalue weighted by Crippen LogP contribution is -2.43. The van der Waals surface area contributed by atoms with Gasteiger partial charge >= 0.3 is 6.03 Å². The molecule has 0 aliphatic rings. The number of amides is 3. The molecule has 1 aromatic carbocycles. The predicted molar refractivity (Wildman–Crippen MR) is 90.4 cm³/mol. The van der Waals surface area contributed by atoms with Crippen molar-refractivity contribution in [3.05, 3.63) is 56.7 Å². The molecule has 2 rings (SSSR count). The van der Waals surface area contributed by atoms with E-state index in [0.29, 0.717) is 6.54 Å². The molecule has 1 atom stereocenters. The normalized spacial score (nSPS) is 12.1. The minimum atomic E-state index is -0.849. The zero-order chi connectivity index (χ0) is 16.1. The summed E-state index contributed by atoms with van der Waals surface area (Å²) in [6.45, 7) is 0.585. The summed E-state index contributed by atoms with van der Waals surface area (Å²) in [5, 5.41) is 2.17. The molecule has 0 saturated carbocycles. The van der Waals surface area contributed by atoms with Crippen molar-refractivity contribution >= 4 is 39.2 Å². The minimum Gasteiger partial charge on any atom is -0.351 e. The Morgan fingerprint density at radius 1 is 1.27 bits per heavy atom. The molecule has 116 valence electrons. The second-order valence-electron chi connectivity index (χ2n) is 4.79. The van der Waals surface area contributed by atoms with E-state index >= 15 is 0 Å². The van der Waals surface area contributed by atoms with Gasteiger partial charge in [0.15, 0.2) is 0 Å². The first-order valence-electron chi connectivity index (χ1n) is 6.57. The Morgan fingerprint density at radius 3 is 2.50 bits per heavy atom. The molecule has 0 aliphatic carbocycles. The molecule has 5 nitrogen and oxygen atoms in total. The third-order valence-corrected chi connectivity index (χ3v) is 4.69. The van der Waals surface area contributed by atoms with E-state index in [1.165, 1.54) is 0 Å². The molecule has 7 heteroatoms. The number of carbonyl (C=O) groups is 2. The van der Waals surface area contributed by atoms with E-state index < -0.39 is 18.0 Å². The number of hydrogen-bond donors (Lipinski definition) is 2. The van der Waals surface area contributed by atoms with Crippen LogP contribution >= 0.6 is 27.3 Å². The van der Waals surface area contributed by atoms with E-state index in [-0.39, 0.29) is 0 Å². The maximum atomic E-state index is 12.3. The first-order chi connectivity index (χ1) is 10.5. The number of urea groups is 1. The summed E-state index contributed by atoms with van der Waals surface area (Å²) in [6, 6.07) is 11.8. The lowest BCUT2D eigenvalue weighted by molar-refractivity contribution is -0.125. The van der Waals surface area contributed by atoms with E-state index in [1.54, 1.807) is 11.3 Å². The lowest BCUT2D eigenvalue weighted by Gasteiger charge is -2.26. The molecule has 2 aromatic rings. The molecule has 3 amide bonds. The standard InChI is InChI=1S/C15H16BrN3O2S/c1-19(9-11-7-8-12(16)22-11)13(14(20)18-15(17)21)10-5-3-2-4-6-10/h2-8,13H,9H2,1H3,(H3,17,18,20,21)/t13-/m1/s1. The zero-order valence-corrected chi connectivity index (χ0v) is 14.4. The molecule has 22 heavy (non-hydrogen) atoms. The van der Waals surface area contributed by atoms with Crippen LogP contribution in [-0.2, 0) is 11.3 Å². The SMILES string of the molecule is CN(Cc1ccc(Br)s1)[C@@H](C(=O)NC(N)=O)c1ccccc1. The van der Waals surface area contributed by atoms with Crippen molar-refractivity contribution in [2.24, 2.45) is 5.73 Å². The number of rotatable bonds is 5. The Morgan fingerprint density at radius 2 is 1.95 bits per heavy atom.